The van der Waals surface area contributed by atoms with Crippen LogP contribution in [-0.2, 0) is 94.9 Å². The molecule has 0 unspecified atom stereocenters. The molecule has 0 saturated carbocycles. The molecular weight excluding hydrogens is 1480 g/mol. The Morgan fingerprint density at radius 1 is 0.241 bits per heavy atom. The lowest BCUT2D eigenvalue weighted by molar-refractivity contribution is -0.394. The molecule has 9 aliphatic rings. The SMILES string of the molecule is CC(=O)N[C@H]1[C@H](O[C@H]2[C@@H](O)[C@@H](CO)O[C@@H](O[C@H]3[C@H](O)[C@@H](O)[C@H](O)O[C@@H]3CO)[C@@H]2O)O[C@H](CO)[C@@H](O[C@@H]2O[C@H](CO)[C@H](O)[C@H](O[C@@H]3O[C@H](CO)[C@@H](O[C@@H]4O[C@H](CO)[C@H](O)[C@H](O[C@@H]5O[C@H](CO)[C@@H](O[C@@H]6O[C@H](CO)[C@H](O)[C@H](O)[C@H]6O)[C@H](O[C@@H]6O[C@@H](C)[C@@H](O)[C@@H](O)[C@@H]6O)[C@H]5NC(C)=O)[C@H]4O)[C@H](O)[C@H]3NC(C)=O)[C@H]2O)[C@@H]1O. The Balaban J connectivity index is 0.933. The number of hydrogen-bond acceptors (Lipinski definition) is 45. The number of rotatable bonds is 27. The Morgan fingerprint density at radius 3 is 0.861 bits per heavy atom. The second-order valence-corrected chi connectivity index (χ2v) is 27.4. The van der Waals surface area contributed by atoms with Gasteiger partial charge in [0, 0.05) is 20.8 Å². The zero-order chi connectivity index (χ0) is 79.5. The fourth-order valence-electron chi connectivity index (χ4n) is 14.1. The van der Waals surface area contributed by atoms with Crippen molar-refractivity contribution in [1.29, 1.82) is 0 Å². The van der Waals surface area contributed by atoms with Gasteiger partial charge in [-0.05, 0) is 6.92 Å². The average Bonchev–Trinajstić information content (AvgIpc) is 0.730. The zero-order valence-corrected chi connectivity index (χ0v) is 58.0. The highest BCUT2D eigenvalue weighted by atomic mass is 16.8. The van der Waals surface area contributed by atoms with Gasteiger partial charge < -0.3 is 224 Å². The van der Waals surface area contributed by atoms with E-state index in [1.54, 1.807) is 0 Å². The molecule has 0 spiro atoms. The van der Waals surface area contributed by atoms with Gasteiger partial charge in [0.25, 0.3) is 0 Å². The lowest BCUT2D eigenvalue weighted by Gasteiger charge is -2.52. The third-order valence-corrected chi connectivity index (χ3v) is 19.9. The molecule has 45 atom stereocenters. The van der Waals surface area contributed by atoms with Crippen molar-refractivity contribution in [3.8, 4) is 0 Å². The van der Waals surface area contributed by atoms with Crippen LogP contribution in [-0.4, -0.2) is 474 Å². The molecule has 48 heteroatoms. The number of aliphatic hydroxyl groups excluding tert-OH is 25. The van der Waals surface area contributed by atoms with Crippen LogP contribution in [0.2, 0.25) is 0 Å². The average molecular weight is 1580 g/mol. The summed E-state index contributed by atoms with van der Waals surface area (Å²) in [5.41, 5.74) is 0. The van der Waals surface area contributed by atoms with Crippen LogP contribution in [0.5, 0.6) is 0 Å². The van der Waals surface area contributed by atoms with E-state index in [1.165, 1.54) is 6.92 Å². The van der Waals surface area contributed by atoms with Gasteiger partial charge in [-0.1, -0.05) is 0 Å². The molecule has 9 heterocycles. The van der Waals surface area contributed by atoms with E-state index in [9.17, 15) is 142 Å². The first kappa shape index (κ1) is 88.7. The smallest absolute Gasteiger partial charge is 0.217 e. The van der Waals surface area contributed by atoms with Gasteiger partial charge in [-0.3, -0.25) is 14.4 Å². The van der Waals surface area contributed by atoms with Gasteiger partial charge in [0.15, 0.2) is 56.6 Å². The lowest BCUT2D eigenvalue weighted by atomic mass is 9.93. The summed E-state index contributed by atoms with van der Waals surface area (Å²) in [5.74, 6) is -2.82. The van der Waals surface area contributed by atoms with Crippen molar-refractivity contribution in [2.24, 2.45) is 0 Å². The third kappa shape index (κ3) is 19.0. The van der Waals surface area contributed by atoms with Gasteiger partial charge >= 0.3 is 0 Å². The third-order valence-electron chi connectivity index (χ3n) is 19.9. The van der Waals surface area contributed by atoms with E-state index in [0.29, 0.717) is 0 Å². The number of amides is 3. The molecule has 48 nitrogen and oxygen atoms in total. The van der Waals surface area contributed by atoms with Crippen LogP contribution in [0.3, 0.4) is 0 Å². The predicted octanol–water partition coefficient (Wildman–Crippen LogP) is -19.2. The van der Waals surface area contributed by atoms with Crippen LogP contribution in [0.1, 0.15) is 27.7 Å². The Labute approximate surface area is 611 Å². The molecule has 0 aromatic heterocycles. The maximum Gasteiger partial charge on any atom is 0.217 e. The van der Waals surface area contributed by atoms with Crippen molar-refractivity contribution in [2.75, 3.05) is 52.9 Å². The second kappa shape index (κ2) is 38.5. The summed E-state index contributed by atoms with van der Waals surface area (Å²) >= 11 is 0. The second-order valence-electron chi connectivity index (χ2n) is 27.4. The molecule has 28 N–H and O–H groups in total. The zero-order valence-electron chi connectivity index (χ0n) is 58.0. The normalized spacial score (nSPS) is 50.4. The van der Waals surface area contributed by atoms with Gasteiger partial charge in [-0.2, -0.15) is 0 Å². The molecule has 626 valence electrons. The molecule has 0 radical (unpaired) electrons. The summed E-state index contributed by atoms with van der Waals surface area (Å²) in [4.78, 5) is 39.0. The first-order valence-corrected chi connectivity index (χ1v) is 34.5. The quantitative estimate of drug-likeness (QED) is 0.0363. The predicted molar refractivity (Wildman–Crippen MR) is 330 cm³/mol. The Bertz CT molecular complexity index is 2820. The molecule has 0 aliphatic carbocycles. The van der Waals surface area contributed by atoms with Crippen LogP contribution < -0.4 is 16.0 Å². The fraction of sp³-hybridized carbons (Fsp3) is 0.950. The minimum atomic E-state index is -2.39. The maximum atomic E-state index is 13.2. The molecule has 0 bridgehead atoms. The number of carbonyl (C=O) groups is 3. The van der Waals surface area contributed by atoms with Gasteiger partial charge in [-0.15, -0.1) is 0 Å². The van der Waals surface area contributed by atoms with Gasteiger partial charge in [0.05, 0.1) is 59.0 Å². The van der Waals surface area contributed by atoms with E-state index in [0.717, 1.165) is 20.8 Å². The maximum absolute atomic E-state index is 13.2. The number of carbonyl (C=O) groups excluding carboxylic acids is 3. The largest absolute Gasteiger partial charge is 0.394 e. The summed E-state index contributed by atoms with van der Waals surface area (Å²) in [7, 11) is 0. The van der Waals surface area contributed by atoms with Crippen LogP contribution >= 0.6 is 0 Å². The summed E-state index contributed by atoms with van der Waals surface area (Å²) in [6, 6.07) is -5.76. The number of hydrogen-bond donors (Lipinski definition) is 28. The highest BCUT2D eigenvalue weighted by Crippen LogP contribution is 2.41. The Morgan fingerprint density at radius 2 is 0.500 bits per heavy atom. The minimum absolute atomic E-state index is 0.918. The van der Waals surface area contributed by atoms with Crippen LogP contribution in [0.25, 0.3) is 0 Å². The first-order valence-electron chi connectivity index (χ1n) is 34.5. The molecule has 0 aromatic carbocycles. The van der Waals surface area contributed by atoms with E-state index >= 15 is 0 Å². The standard InChI is InChI=1S/C60H101N3O45/c1-13-28(75)35(82)39(86)56(92-13)105-48-27(63-16(4)74)55(100-24(12-71)47(48)104-57-40(87)36(83)29(76)17(5-64)94-57)108-51-32(79)20(8-67)96-59(43(51)90)102-45-23(11-70)98-53(25(34(45)81)61-14(2)72)106-49-30(77)18(6-65)95-58(41(49)88)101-44-22(10-69)99-54(26(33(44)80)62-15(3)73)107-50-31(78)19(7-66)97-60(42(50)89)103-46-21(9-68)93-52(91)38(85)37(46)84/h13,17-60,64-71,75-91H,5-12H2,1-4H3,(H,61,72)(H,62,73)(H,63,74)/t13-,17+,18+,19+,20+,21+,22+,23+,24+,25+,26+,27+,28+,29-,30-,31-,32-,33+,34+,35+,36-,37+,38+,39-,40+,41+,42+,43+,44+,45+,46+,47+,48+,49-,50-,51-,52+,53-,54-,55-,56-,57-,58-,59-,60-/m0/s1. The van der Waals surface area contributed by atoms with Crippen molar-refractivity contribution in [3.63, 3.8) is 0 Å². The molecule has 108 heavy (non-hydrogen) atoms. The van der Waals surface area contributed by atoms with Crippen molar-refractivity contribution < 1.29 is 223 Å². The topological polar surface area (TPSA) is 750 Å². The van der Waals surface area contributed by atoms with Crippen LogP contribution in [0.4, 0.5) is 0 Å². The van der Waals surface area contributed by atoms with Crippen LogP contribution in [0, 0.1) is 0 Å². The van der Waals surface area contributed by atoms with E-state index < -0.39 is 347 Å². The molecule has 3 amide bonds. The molecule has 9 saturated heterocycles. The molecule has 9 rings (SSSR count). The summed E-state index contributed by atoms with van der Waals surface area (Å²) < 4.78 is 99.6. The van der Waals surface area contributed by atoms with E-state index in [-0.39, 0.29) is 0 Å². The van der Waals surface area contributed by atoms with Crippen molar-refractivity contribution in [2.45, 2.75) is 304 Å². The first-order chi connectivity index (χ1) is 51.1. The monoisotopic (exact) mass is 1580 g/mol. The van der Waals surface area contributed by atoms with E-state index in [2.05, 4.69) is 16.0 Å². The number of aliphatic hydroxyl groups is 25. The lowest BCUT2D eigenvalue weighted by Crippen LogP contribution is -2.71. The van der Waals surface area contributed by atoms with Crippen molar-refractivity contribution in [1.82, 2.24) is 16.0 Å². The Hall–Kier alpha value is -3.27. The van der Waals surface area contributed by atoms with Gasteiger partial charge in [-0.25, -0.2) is 0 Å². The molecule has 9 aliphatic heterocycles. The highest BCUT2D eigenvalue weighted by molar-refractivity contribution is 5.74. The molecular formula is C60H101N3O45. The molecule has 9 fully saturated rings. The van der Waals surface area contributed by atoms with E-state index in [4.69, 9.17) is 80.5 Å². The van der Waals surface area contributed by atoms with Crippen molar-refractivity contribution in [3.05, 3.63) is 0 Å². The van der Waals surface area contributed by atoms with Crippen LogP contribution in [0.15, 0.2) is 0 Å². The summed E-state index contributed by atoms with van der Waals surface area (Å²) in [6.45, 7) is -4.55. The Kier molecular flexibility index (Phi) is 31.6. The summed E-state index contributed by atoms with van der Waals surface area (Å²) in [6.07, 6.45) is -84.2. The number of ether oxygens (including phenoxy) is 17. The van der Waals surface area contributed by atoms with Crippen molar-refractivity contribution >= 4 is 17.7 Å². The number of nitrogens with one attached hydrogen (secondary N) is 3. The van der Waals surface area contributed by atoms with Gasteiger partial charge in [0.1, 0.15) is 213 Å². The highest BCUT2D eigenvalue weighted by Gasteiger charge is 2.61. The van der Waals surface area contributed by atoms with Gasteiger partial charge in [0.2, 0.25) is 17.7 Å². The summed E-state index contributed by atoms with van der Waals surface area (Å²) in [5, 5.41) is 282. The fourth-order valence-corrected chi connectivity index (χ4v) is 14.1. The van der Waals surface area contributed by atoms with E-state index in [1.807, 2.05) is 0 Å². The molecule has 0 aromatic rings. The minimum Gasteiger partial charge on any atom is -0.394 e.